The second kappa shape index (κ2) is 5.88. The predicted molar refractivity (Wildman–Crippen MR) is 87.8 cm³/mol. The zero-order chi connectivity index (χ0) is 14.1. The molecule has 1 amide bonds. The lowest BCUT2D eigenvalue weighted by molar-refractivity contribution is -0.117. The Labute approximate surface area is 135 Å². The fraction of sp³-hybridized carbons (Fsp3) is 0.267. The lowest BCUT2D eigenvalue weighted by Crippen LogP contribution is -2.24. The molecule has 5 heteroatoms. The van der Waals surface area contributed by atoms with Crippen LogP contribution in [0.3, 0.4) is 0 Å². The van der Waals surface area contributed by atoms with E-state index in [4.69, 9.17) is 11.6 Å². The quantitative estimate of drug-likeness (QED) is 0.771. The smallest absolute Gasteiger partial charge is 0.231 e. The van der Waals surface area contributed by atoms with Crippen LogP contribution >= 0.6 is 38.9 Å². The minimum Gasteiger partial charge on any atom is -0.324 e. The van der Waals surface area contributed by atoms with Gasteiger partial charge in [0.25, 0.3) is 0 Å². The standard InChI is InChI=1S/C15H13BrClNOS/c16-9-4-5-12(17)13(8-9)18-15(19)11-2-1-3-14-10(11)6-7-20-14/h4-8,11H,1-3H2,(H,18,19). The van der Waals surface area contributed by atoms with E-state index in [2.05, 4.69) is 32.7 Å². The molecule has 1 aliphatic rings. The number of anilines is 1. The number of hydrogen-bond acceptors (Lipinski definition) is 2. The number of rotatable bonds is 2. The number of amides is 1. The second-order valence-electron chi connectivity index (χ2n) is 4.86. The Balaban J connectivity index is 1.83. The van der Waals surface area contributed by atoms with Crippen LogP contribution in [0.25, 0.3) is 0 Å². The average Bonchev–Trinajstić information content (AvgIpc) is 2.91. The van der Waals surface area contributed by atoms with E-state index >= 15 is 0 Å². The first-order valence-corrected chi connectivity index (χ1v) is 8.52. The first-order valence-electron chi connectivity index (χ1n) is 6.47. The molecule has 1 aliphatic carbocycles. The summed E-state index contributed by atoms with van der Waals surface area (Å²) in [6.45, 7) is 0. The number of halogens is 2. The van der Waals surface area contributed by atoms with Gasteiger partial charge < -0.3 is 5.32 Å². The SMILES string of the molecule is O=C(Nc1cc(Br)ccc1Cl)C1CCCc2sccc21. The van der Waals surface area contributed by atoms with Crippen LogP contribution in [0.4, 0.5) is 5.69 Å². The number of thiophene rings is 1. The molecule has 0 radical (unpaired) electrons. The van der Waals surface area contributed by atoms with Gasteiger partial charge >= 0.3 is 0 Å². The second-order valence-corrected chi connectivity index (χ2v) is 7.18. The van der Waals surface area contributed by atoms with Gasteiger partial charge in [0.05, 0.1) is 16.6 Å². The van der Waals surface area contributed by atoms with E-state index in [0.29, 0.717) is 10.7 Å². The Kier molecular flexibility index (Phi) is 4.15. The minimum absolute atomic E-state index is 0.0318. The Bertz CT molecular complexity index is 655. The van der Waals surface area contributed by atoms with E-state index < -0.39 is 0 Å². The van der Waals surface area contributed by atoms with Gasteiger partial charge in [-0.3, -0.25) is 4.79 Å². The number of nitrogens with one attached hydrogen (secondary N) is 1. The monoisotopic (exact) mass is 369 g/mol. The summed E-state index contributed by atoms with van der Waals surface area (Å²) in [5.41, 5.74) is 1.85. The molecule has 0 bridgehead atoms. The molecule has 1 aromatic carbocycles. The maximum absolute atomic E-state index is 12.5. The minimum atomic E-state index is -0.0555. The molecule has 3 rings (SSSR count). The van der Waals surface area contributed by atoms with Crippen LogP contribution in [-0.4, -0.2) is 5.91 Å². The highest BCUT2D eigenvalue weighted by molar-refractivity contribution is 9.10. The first kappa shape index (κ1) is 14.1. The molecule has 0 aliphatic heterocycles. The zero-order valence-corrected chi connectivity index (χ0v) is 13.8. The molecular weight excluding hydrogens is 358 g/mol. The summed E-state index contributed by atoms with van der Waals surface area (Å²) in [5, 5.41) is 5.59. The van der Waals surface area contributed by atoms with Gasteiger partial charge in [0.1, 0.15) is 0 Å². The molecule has 0 fully saturated rings. The topological polar surface area (TPSA) is 29.1 Å². The van der Waals surface area contributed by atoms with Gasteiger partial charge in [-0.1, -0.05) is 27.5 Å². The molecule has 1 unspecified atom stereocenters. The summed E-state index contributed by atoms with van der Waals surface area (Å²) in [5.74, 6) is -0.0237. The van der Waals surface area contributed by atoms with E-state index in [9.17, 15) is 4.79 Å². The third-order valence-electron chi connectivity index (χ3n) is 3.55. The van der Waals surface area contributed by atoms with Crippen molar-refractivity contribution in [3.8, 4) is 0 Å². The van der Waals surface area contributed by atoms with Gasteiger partial charge in [-0.15, -0.1) is 11.3 Å². The van der Waals surface area contributed by atoms with E-state index in [1.165, 1.54) is 10.4 Å². The van der Waals surface area contributed by atoms with Crippen molar-refractivity contribution in [3.05, 3.63) is 49.6 Å². The summed E-state index contributed by atoms with van der Waals surface area (Å²) in [7, 11) is 0. The van der Waals surface area contributed by atoms with Crippen LogP contribution in [0.5, 0.6) is 0 Å². The summed E-state index contributed by atoms with van der Waals surface area (Å²) in [6, 6.07) is 7.54. The number of fused-ring (bicyclic) bond motifs is 1. The van der Waals surface area contributed by atoms with Crippen LogP contribution in [0.1, 0.15) is 29.2 Å². The zero-order valence-electron chi connectivity index (χ0n) is 10.7. The third kappa shape index (κ3) is 2.78. The summed E-state index contributed by atoms with van der Waals surface area (Å²) < 4.78 is 0.900. The molecule has 1 N–H and O–H groups in total. The Morgan fingerprint density at radius 3 is 3.10 bits per heavy atom. The highest BCUT2D eigenvalue weighted by Crippen LogP contribution is 2.36. The van der Waals surface area contributed by atoms with Crippen molar-refractivity contribution >= 4 is 50.5 Å². The van der Waals surface area contributed by atoms with Gasteiger partial charge in [-0.2, -0.15) is 0 Å². The maximum Gasteiger partial charge on any atom is 0.231 e. The molecule has 20 heavy (non-hydrogen) atoms. The lowest BCUT2D eigenvalue weighted by atomic mass is 9.87. The Morgan fingerprint density at radius 2 is 2.25 bits per heavy atom. The van der Waals surface area contributed by atoms with Crippen LogP contribution in [0.2, 0.25) is 5.02 Å². The molecule has 1 aromatic heterocycles. The summed E-state index contributed by atoms with van der Waals surface area (Å²) in [4.78, 5) is 13.9. The molecule has 104 valence electrons. The summed E-state index contributed by atoms with van der Waals surface area (Å²) in [6.07, 6.45) is 3.06. The summed E-state index contributed by atoms with van der Waals surface area (Å²) >= 11 is 11.3. The van der Waals surface area contributed by atoms with Crippen molar-refractivity contribution in [1.29, 1.82) is 0 Å². The number of benzene rings is 1. The van der Waals surface area contributed by atoms with Gasteiger partial charge in [0.2, 0.25) is 5.91 Å². The van der Waals surface area contributed by atoms with Crippen molar-refractivity contribution in [2.45, 2.75) is 25.2 Å². The molecule has 1 atom stereocenters. The number of carbonyl (C=O) groups excluding carboxylic acids is 1. The van der Waals surface area contributed by atoms with Gasteiger partial charge in [0.15, 0.2) is 0 Å². The van der Waals surface area contributed by atoms with Crippen molar-refractivity contribution in [3.63, 3.8) is 0 Å². The number of hydrogen-bond donors (Lipinski definition) is 1. The number of aryl methyl sites for hydroxylation is 1. The van der Waals surface area contributed by atoms with Gasteiger partial charge in [-0.25, -0.2) is 0 Å². The Morgan fingerprint density at radius 1 is 1.40 bits per heavy atom. The highest BCUT2D eigenvalue weighted by Gasteiger charge is 2.27. The van der Waals surface area contributed by atoms with Crippen molar-refractivity contribution in [2.24, 2.45) is 0 Å². The van der Waals surface area contributed by atoms with Crippen molar-refractivity contribution in [1.82, 2.24) is 0 Å². The fourth-order valence-corrected chi connectivity index (χ4v) is 4.09. The van der Waals surface area contributed by atoms with Crippen LogP contribution in [0, 0.1) is 0 Å². The molecule has 0 saturated carbocycles. The fourth-order valence-electron chi connectivity index (χ4n) is 2.57. The number of carbonyl (C=O) groups is 1. The largest absolute Gasteiger partial charge is 0.324 e. The predicted octanol–water partition coefficient (Wildman–Crippen LogP) is 5.22. The van der Waals surface area contributed by atoms with E-state index in [-0.39, 0.29) is 11.8 Å². The molecule has 2 nitrogen and oxygen atoms in total. The maximum atomic E-state index is 12.5. The van der Waals surface area contributed by atoms with Crippen LogP contribution < -0.4 is 5.32 Å². The molecular formula is C15H13BrClNOS. The van der Waals surface area contributed by atoms with Crippen LogP contribution in [-0.2, 0) is 11.2 Å². The normalized spacial score (nSPS) is 17.6. The first-order chi connectivity index (χ1) is 9.65. The molecule has 2 aromatic rings. The third-order valence-corrected chi connectivity index (χ3v) is 5.37. The highest BCUT2D eigenvalue weighted by atomic mass is 79.9. The van der Waals surface area contributed by atoms with E-state index in [1.807, 2.05) is 12.1 Å². The lowest BCUT2D eigenvalue weighted by Gasteiger charge is -2.22. The molecule has 0 saturated heterocycles. The van der Waals surface area contributed by atoms with Gasteiger partial charge in [0, 0.05) is 9.35 Å². The van der Waals surface area contributed by atoms with Crippen molar-refractivity contribution < 1.29 is 4.79 Å². The van der Waals surface area contributed by atoms with Gasteiger partial charge in [-0.05, 0) is 54.5 Å². The van der Waals surface area contributed by atoms with Crippen LogP contribution in [0.15, 0.2) is 34.1 Å². The molecule has 1 heterocycles. The van der Waals surface area contributed by atoms with Crippen molar-refractivity contribution in [2.75, 3.05) is 5.32 Å². The Hall–Kier alpha value is -0.840. The van der Waals surface area contributed by atoms with E-state index in [1.54, 1.807) is 17.4 Å². The average molecular weight is 371 g/mol. The van der Waals surface area contributed by atoms with E-state index in [0.717, 1.165) is 23.7 Å². The molecule has 0 spiro atoms.